The van der Waals surface area contributed by atoms with Crippen LogP contribution < -0.4 is 15.4 Å². The van der Waals surface area contributed by atoms with Gasteiger partial charge in [0.2, 0.25) is 5.91 Å². The van der Waals surface area contributed by atoms with Crippen LogP contribution in [-0.2, 0) is 11.3 Å². The molecule has 1 fully saturated rings. The second-order valence-corrected chi connectivity index (χ2v) is 7.09. The Hall–Kier alpha value is -2.54. The molecule has 0 spiro atoms. The number of nitrogens with one attached hydrogen (secondary N) is 2. The van der Waals surface area contributed by atoms with E-state index in [1.165, 1.54) is 0 Å². The van der Waals surface area contributed by atoms with E-state index in [0.717, 1.165) is 43.5 Å². The average Bonchev–Trinajstić information content (AvgIpc) is 2.68. The summed E-state index contributed by atoms with van der Waals surface area (Å²) < 4.78 is 5.72. The second-order valence-electron chi connectivity index (χ2n) is 7.09. The van der Waals surface area contributed by atoms with E-state index in [1.807, 2.05) is 38.1 Å². The fraction of sp³-hybridized carbons (Fsp3) is 0.524. The third-order valence-corrected chi connectivity index (χ3v) is 4.47. The highest BCUT2D eigenvalue weighted by Crippen LogP contribution is 2.17. The summed E-state index contributed by atoms with van der Waals surface area (Å²) in [5, 5.41) is 6.37. The normalized spacial score (nSPS) is 15.4. The molecular formula is C21H33N5O2. The van der Waals surface area contributed by atoms with E-state index in [9.17, 15) is 4.79 Å². The summed E-state index contributed by atoms with van der Waals surface area (Å²) in [6, 6.07) is 8.15. The maximum absolute atomic E-state index is 11.9. The molecule has 1 aromatic carbocycles. The van der Waals surface area contributed by atoms with Crippen LogP contribution in [0.3, 0.4) is 0 Å². The summed E-state index contributed by atoms with van der Waals surface area (Å²) in [5.74, 6) is 1.80. The number of carbonyl (C=O) groups is 1. The molecule has 28 heavy (non-hydrogen) atoms. The number of nitrogens with zero attached hydrogens (tertiary/aromatic N) is 3. The molecular weight excluding hydrogens is 354 g/mol. The fourth-order valence-electron chi connectivity index (χ4n) is 3.13. The van der Waals surface area contributed by atoms with Crippen LogP contribution in [0.15, 0.2) is 41.9 Å². The van der Waals surface area contributed by atoms with Crippen LogP contribution in [0, 0.1) is 0 Å². The van der Waals surface area contributed by atoms with E-state index in [-0.39, 0.29) is 11.9 Å². The van der Waals surface area contributed by atoms with Crippen molar-refractivity contribution in [1.29, 1.82) is 0 Å². The van der Waals surface area contributed by atoms with Gasteiger partial charge < -0.3 is 20.3 Å². The van der Waals surface area contributed by atoms with E-state index in [2.05, 4.69) is 32.0 Å². The van der Waals surface area contributed by atoms with E-state index >= 15 is 0 Å². The van der Waals surface area contributed by atoms with Crippen LogP contribution in [0.25, 0.3) is 0 Å². The summed E-state index contributed by atoms with van der Waals surface area (Å²) in [5.41, 5.74) is 1.08. The summed E-state index contributed by atoms with van der Waals surface area (Å²) in [6.07, 6.45) is 1.74. The predicted molar refractivity (Wildman–Crippen MR) is 114 cm³/mol. The lowest BCUT2D eigenvalue weighted by molar-refractivity contribution is -0.123. The Labute approximate surface area is 168 Å². The van der Waals surface area contributed by atoms with Crippen molar-refractivity contribution < 1.29 is 9.53 Å². The maximum Gasteiger partial charge on any atom is 0.234 e. The molecule has 0 atom stereocenters. The third-order valence-electron chi connectivity index (χ3n) is 4.47. The van der Waals surface area contributed by atoms with Gasteiger partial charge in [0.15, 0.2) is 5.96 Å². The molecule has 7 nitrogen and oxygen atoms in total. The Kier molecular flexibility index (Phi) is 8.81. The quantitative estimate of drug-likeness (QED) is 0.402. The minimum absolute atomic E-state index is 0.0853. The largest absolute Gasteiger partial charge is 0.489 e. The van der Waals surface area contributed by atoms with Crippen molar-refractivity contribution in [2.24, 2.45) is 4.99 Å². The molecule has 2 rings (SSSR count). The van der Waals surface area contributed by atoms with Crippen LogP contribution in [0.1, 0.15) is 19.4 Å². The van der Waals surface area contributed by atoms with Crippen molar-refractivity contribution in [2.75, 3.05) is 46.4 Å². The molecule has 2 N–H and O–H groups in total. The van der Waals surface area contributed by atoms with Crippen LogP contribution in [0.2, 0.25) is 0 Å². The first-order valence-electron chi connectivity index (χ1n) is 9.82. The molecule has 1 aliphatic heterocycles. The Morgan fingerprint density at radius 2 is 2.00 bits per heavy atom. The Morgan fingerprint density at radius 1 is 1.29 bits per heavy atom. The van der Waals surface area contributed by atoms with E-state index in [0.29, 0.717) is 19.7 Å². The van der Waals surface area contributed by atoms with Crippen LogP contribution >= 0.6 is 0 Å². The zero-order valence-corrected chi connectivity index (χ0v) is 17.3. The number of para-hydroxylation sites is 1. The monoisotopic (exact) mass is 387 g/mol. The number of hydrogen-bond acceptors (Lipinski definition) is 4. The Morgan fingerprint density at radius 3 is 2.64 bits per heavy atom. The SMILES string of the molecule is C=CCOc1ccccc1CNC(=NC)N1CCN(CC(=O)NC(C)C)CC1. The summed E-state index contributed by atoms with van der Waals surface area (Å²) >= 11 is 0. The highest BCUT2D eigenvalue weighted by Gasteiger charge is 2.21. The average molecular weight is 388 g/mol. The van der Waals surface area contributed by atoms with Gasteiger partial charge in [0, 0.05) is 51.4 Å². The van der Waals surface area contributed by atoms with Gasteiger partial charge in [-0.05, 0) is 19.9 Å². The lowest BCUT2D eigenvalue weighted by Gasteiger charge is -2.36. The lowest BCUT2D eigenvalue weighted by Crippen LogP contribution is -2.54. The number of benzene rings is 1. The maximum atomic E-state index is 11.9. The highest BCUT2D eigenvalue weighted by atomic mass is 16.5. The number of rotatable bonds is 8. The summed E-state index contributed by atoms with van der Waals surface area (Å²) in [6.45, 7) is 12.6. The third kappa shape index (κ3) is 6.88. The fourth-order valence-corrected chi connectivity index (χ4v) is 3.13. The number of piperazine rings is 1. The number of carbonyl (C=O) groups excluding carboxylic acids is 1. The highest BCUT2D eigenvalue weighted by molar-refractivity contribution is 5.80. The van der Waals surface area contributed by atoms with Gasteiger partial charge in [0.05, 0.1) is 6.54 Å². The molecule has 0 aromatic heterocycles. The second kappa shape index (κ2) is 11.3. The summed E-state index contributed by atoms with van der Waals surface area (Å²) in [4.78, 5) is 20.8. The van der Waals surface area contributed by atoms with Gasteiger partial charge in [-0.1, -0.05) is 30.9 Å². The van der Waals surface area contributed by atoms with Gasteiger partial charge in [-0.3, -0.25) is 14.7 Å². The topological polar surface area (TPSA) is 69.2 Å². The van der Waals surface area contributed by atoms with Gasteiger partial charge in [-0.2, -0.15) is 0 Å². The van der Waals surface area contributed by atoms with Gasteiger partial charge >= 0.3 is 0 Å². The molecule has 0 unspecified atom stereocenters. The standard InChI is InChI=1S/C21H33N5O2/c1-5-14-28-19-9-7-6-8-18(19)15-23-21(22-4)26-12-10-25(11-13-26)16-20(27)24-17(2)3/h5-9,17H,1,10-16H2,2-4H3,(H,22,23)(H,24,27). The number of guanidine groups is 1. The molecule has 1 amide bonds. The molecule has 1 aromatic rings. The zero-order chi connectivity index (χ0) is 20.4. The van der Waals surface area contributed by atoms with Crippen molar-refractivity contribution in [3.8, 4) is 5.75 Å². The first-order valence-corrected chi connectivity index (χ1v) is 9.82. The summed E-state index contributed by atoms with van der Waals surface area (Å²) in [7, 11) is 1.80. The van der Waals surface area contributed by atoms with Gasteiger partial charge in [0.25, 0.3) is 0 Å². The minimum atomic E-state index is 0.0853. The van der Waals surface area contributed by atoms with Crippen molar-refractivity contribution in [2.45, 2.75) is 26.4 Å². The molecule has 0 aliphatic carbocycles. The zero-order valence-electron chi connectivity index (χ0n) is 17.3. The van der Waals surface area contributed by atoms with Crippen molar-refractivity contribution >= 4 is 11.9 Å². The van der Waals surface area contributed by atoms with E-state index in [1.54, 1.807) is 13.1 Å². The van der Waals surface area contributed by atoms with Crippen LogP contribution in [0.5, 0.6) is 5.75 Å². The van der Waals surface area contributed by atoms with Crippen molar-refractivity contribution in [3.05, 3.63) is 42.5 Å². The molecule has 1 aliphatic rings. The molecule has 0 saturated carbocycles. The van der Waals surface area contributed by atoms with Crippen molar-refractivity contribution in [1.82, 2.24) is 20.4 Å². The minimum Gasteiger partial charge on any atom is -0.489 e. The number of ether oxygens (including phenoxy) is 1. The van der Waals surface area contributed by atoms with E-state index in [4.69, 9.17) is 4.74 Å². The van der Waals surface area contributed by atoms with Gasteiger partial charge in [-0.15, -0.1) is 0 Å². The smallest absolute Gasteiger partial charge is 0.234 e. The lowest BCUT2D eigenvalue weighted by atomic mass is 10.2. The molecule has 7 heteroatoms. The molecule has 0 radical (unpaired) electrons. The van der Waals surface area contributed by atoms with Crippen LogP contribution in [-0.4, -0.2) is 74.1 Å². The van der Waals surface area contributed by atoms with Crippen molar-refractivity contribution in [3.63, 3.8) is 0 Å². The van der Waals surface area contributed by atoms with Gasteiger partial charge in [-0.25, -0.2) is 0 Å². The van der Waals surface area contributed by atoms with Gasteiger partial charge in [0.1, 0.15) is 12.4 Å². The molecule has 1 heterocycles. The molecule has 0 bridgehead atoms. The number of aliphatic imine (C=N–C) groups is 1. The molecule has 154 valence electrons. The molecule has 1 saturated heterocycles. The Bertz CT molecular complexity index is 667. The van der Waals surface area contributed by atoms with Crippen LogP contribution in [0.4, 0.5) is 0 Å². The Balaban J connectivity index is 1.84. The first-order chi connectivity index (χ1) is 13.5. The number of amides is 1. The predicted octanol–water partition coefficient (Wildman–Crippen LogP) is 1.47. The number of hydrogen-bond donors (Lipinski definition) is 2. The first kappa shape index (κ1) is 21.8. The van der Waals surface area contributed by atoms with E-state index < -0.39 is 0 Å².